The lowest BCUT2D eigenvalue weighted by Crippen LogP contribution is -2.31. The molecule has 4 heteroatoms. The molecule has 4 aromatic heterocycles. The summed E-state index contributed by atoms with van der Waals surface area (Å²) in [5, 5.41) is 32.7. The predicted molar refractivity (Wildman–Crippen MR) is 499 cm³/mol. The smallest absolute Gasteiger partial charge is 0.201 e. The first-order chi connectivity index (χ1) is 59.4. The molecule has 16 aromatic carbocycles. The van der Waals surface area contributed by atoms with E-state index < -0.39 is 24.5 Å². The van der Waals surface area contributed by atoms with Crippen molar-refractivity contribution in [3.63, 3.8) is 0 Å². The van der Waals surface area contributed by atoms with E-state index in [9.17, 15) is 0 Å². The minimum absolute atomic E-state index is 0.362. The molecule has 118 heavy (non-hydrogen) atoms. The summed E-state index contributed by atoms with van der Waals surface area (Å²) in [5.41, 5.74) is 29.3. The van der Waals surface area contributed by atoms with Gasteiger partial charge in [-0.3, -0.25) is 0 Å². The Balaban J connectivity index is 0.000000102. The zero-order valence-electron chi connectivity index (χ0n) is 76.0. The summed E-state index contributed by atoms with van der Waals surface area (Å²) in [5.74, 6) is -0.625. The molecule has 20 aromatic rings. The highest BCUT2D eigenvalue weighted by atomic mass is 14.9. The van der Waals surface area contributed by atoms with Gasteiger partial charge in [-0.2, -0.15) is 0 Å². The number of fused-ring (bicyclic) bond motifs is 12. The van der Waals surface area contributed by atoms with Crippen molar-refractivity contribution >= 4 is 129 Å². The van der Waals surface area contributed by atoms with Gasteiger partial charge in [0.05, 0.1) is 0 Å². The zero-order chi connectivity index (χ0) is 86.0. The third kappa shape index (κ3) is 11.4. The van der Waals surface area contributed by atoms with Crippen molar-refractivity contribution in [2.75, 3.05) is 0 Å². The van der Waals surface area contributed by atoms with E-state index in [1.807, 2.05) is 64.6 Å². The molecular formula is C114H100N4+4. The molecule has 0 radical (unpaired) electrons. The van der Waals surface area contributed by atoms with E-state index in [2.05, 4.69) is 306 Å². The highest BCUT2D eigenvalue weighted by Crippen LogP contribution is 2.52. The lowest BCUT2D eigenvalue weighted by Gasteiger charge is -2.18. The maximum absolute atomic E-state index is 8.85. The molecule has 0 N–H and O–H groups in total. The summed E-state index contributed by atoms with van der Waals surface area (Å²) in [6.07, 6.45) is 10.5. The lowest BCUT2D eigenvalue weighted by molar-refractivity contribution is -0.660. The van der Waals surface area contributed by atoms with E-state index in [4.69, 9.17) is 8.22 Å². The topological polar surface area (TPSA) is 15.5 Å². The first-order valence-electron chi connectivity index (χ1n) is 44.9. The van der Waals surface area contributed by atoms with Crippen LogP contribution in [0.3, 0.4) is 0 Å². The molecule has 0 fully saturated rings. The maximum Gasteiger partial charge on any atom is 0.212 e. The second kappa shape index (κ2) is 27.4. The van der Waals surface area contributed by atoms with Gasteiger partial charge in [-0.1, -0.05) is 204 Å². The predicted octanol–water partition coefficient (Wildman–Crippen LogP) is 26.7. The van der Waals surface area contributed by atoms with Gasteiger partial charge in [0.15, 0.2) is 24.8 Å². The maximum atomic E-state index is 8.85. The number of aromatic nitrogens is 4. The number of benzene rings is 16. The molecule has 0 amide bonds. The molecule has 572 valence electrons. The highest BCUT2D eigenvalue weighted by molar-refractivity contribution is 6.33. The third-order valence-corrected chi connectivity index (χ3v) is 26.9. The molecule has 4 aliphatic rings. The van der Waals surface area contributed by atoms with Crippen molar-refractivity contribution in [1.29, 1.82) is 0 Å². The second-order valence-electron chi connectivity index (χ2n) is 35.4. The van der Waals surface area contributed by atoms with Gasteiger partial charge in [-0.05, 0) is 328 Å². The van der Waals surface area contributed by atoms with Crippen molar-refractivity contribution in [1.82, 2.24) is 0 Å². The normalized spacial score (nSPS) is 13.9. The van der Waals surface area contributed by atoms with Crippen LogP contribution in [0.1, 0.15) is 138 Å². The summed E-state index contributed by atoms with van der Waals surface area (Å²) in [4.78, 5) is 0. The Morgan fingerprint density at radius 1 is 0.314 bits per heavy atom. The molecule has 4 heterocycles. The Morgan fingerprint density at radius 3 is 0.966 bits per heavy atom. The van der Waals surface area contributed by atoms with Crippen LogP contribution >= 0.6 is 0 Å². The first kappa shape index (κ1) is 66.4. The molecule has 0 aliphatic heterocycles. The number of nitrogens with zero attached hydrogens (tertiary/aromatic N) is 4. The Bertz CT molecular complexity index is 8130. The summed E-state index contributed by atoms with van der Waals surface area (Å²) >= 11 is 0. The minimum atomic E-state index is -2.10. The standard InChI is InChI=1S/C31H30N.C29H26N.2C27H22N/c1-19-25(28-15-20(13-14-32(28)5)18-31(2,3)4)17-27-23-11-7-6-10-22(23)24-12-8-9-21-16-26(19)30(27)29(21)24;1-17(2)19-12-13-30(4)27(15-19)24-16-26-22-10-6-5-9-21(22)23-11-7-8-20-14-25(18(24)3)29(26)28(20)23;1-16-11-12-25(28(3)15-16)22-14-24-20-9-5-4-8-19(20)21-10-6-7-18-13-23(17(22)2)27(24)26(18)21;1-16-11-12-28(3)25(13-16)22-15-24-20-9-5-4-8-19(20)21-10-6-7-18-14-23(17(22)2)27(24)26(18)21/h6-15,17H,16,18H2,1-5H3;5-13,15-17H,14H2,1-4H3;4-12,14-15H,13H2,1-3H3;4-13,15H,14H2,1-3H3/q4*+1/i18D2;17D;1D3;. The SMILES string of the molecule is Cc1cc[n+](C)c(-c2cc3c4ccccc4c4cccc5c4c3c(c2C)C5)c1.[2H]C(C)(C)c1cc[n+](C)c(-c2cc3c4ccccc4c4cccc5c4c3c(c2C)C5)c1.[2H]C([2H])([2H])c1ccc(-c2cc3c4ccccc4c4cccc5c4c3c(c2C)C5)[n+](C)c1.[2H]C([2H])(c1cc[n+](C)c(-c2cc3c4ccccc4c4cccc5c4c3c(c2C)C5)c1)C(C)(C)C. The van der Waals surface area contributed by atoms with E-state index >= 15 is 0 Å². The quantitative estimate of drug-likeness (QED) is 0.116. The van der Waals surface area contributed by atoms with Gasteiger partial charge < -0.3 is 0 Å². The molecule has 0 atom stereocenters. The molecule has 4 aliphatic carbocycles. The molecule has 24 rings (SSSR count). The Hall–Kier alpha value is -12.8. The Labute approximate surface area is 700 Å². The fourth-order valence-electron chi connectivity index (χ4n) is 21.3. The molecule has 4 nitrogen and oxygen atoms in total. The number of pyridine rings is 4. The molecule has 0 saturated carbocycles. The summed E-state index contributed by atoms with van der Waals surface area (Å²) in [7, 11) is 8.25. The van der Waals surface area contributed by atoms with Crippen LogP contribution < -0.4 is 18.3 Å². The second-order valence-corrected chi connectivity index (χ2v) is 35.4. The van der Waals surface area contributed by atoms with E-state index in [0.717, 1.165) is 48.2 Å². The minimum Gasteiger partial charge on any atom is -0.201 e. The lowest BCUT2D eigenvalue weighted by atomic mass is 9.87. The van der Waals surface area contributed by atoms with Crippen LogP contribution in [-0.4, -0.2) is 0 Å². The van der Waals surface area contributed by atoms with Crippen molar-refractivity contribution in [2.45, 2.75) is 114 Å². The fraction of sp³-hybridized carbons (Fsp3) is 0.193. The van der Waals surface area contributed by atoms with Gasteiger partial charge in [0, 0.05) is 78.5 Å². The first-order valence-corrected chi connectivity index (χ1v) is 41.9. The van der Waals surface area contributed by atoms with Crippen LogP contribution in [0.15, 0.2) is 267 Å². The van der Waals surface area contributed by atoms with Gasteiger partial charge in [0.2, 0.25) is 22.8 Å². The average Bonchev–Trinajstić information content (AvgIpc) is 1.55. The number of rotatable bonds is 6. The van der Waals surface area contributed by atoms with Crippen LogP contribution in [0.25, 0.3) is 174 Å². The number of aryl methyl sites for hydroxylation is 6. The monoisotopic (exact) mass is 1530 g/mol. The third-order valence-electron chi connectivity index (χ3n) is 26.9. The van der Waals surface area contributed by atoms with Crippen LogP contribution in [0.4, 0.5) is 0 Å². The fourth-order valence-corrected chi connectivity index (χ4v) is 21.3. The molecule has 0 saturated heterocycles. The van der Waals surface area contributed by atoms with Gasteiger partial charge >= 0.3 is 0 Å². The van der Waals surface area contributed by atoms with Crippen LogP contribution in [0, 0.1) is 46.9 Å². The van der Waals surface area contributed by atoms with Gasteiger partial charge in [-0.15, -0.1) is 0 Å². The van der Waals surface area contributed by atoms with Crippen molar-refractivity contribution in [3.8, 4) is 45.0 Å². The van der Waals surface area contributed by atoms with Gasteiger partial charge in [-0.25, -0.2) is 18.3 Å². The van der Waals surface area contributed by atoms with E-state index in [-0.39, 0.29) is 0 Å². The summed E-state index contributed by atoms with van der Waals surface area (Å²) < 4.78 is 58.0. The van der Waals surface area contributed by atoms with Crippen LogP contribution in [0.2, 0.25) is 0 Å². The van der Waals surface area contributed by atoms with Gasteiger partial charge in [0.25, 0.3) is 0 Å². The largest absolute Gasteiger partial charge is 0.212 e. The highest BCUT2D eigenvalue weighted by Gasteiger charge is 2.32. The van der Waals surface area contributed by atoms with E-state index in [0.29, 0.717) is 5.56 Å². The van der Waals surface area contributed by atoms with E-state index in [1.165, 1.54) is 235 Å². The summed E-state index contributed by atoms with van der Waals surface area (Å²) in [6, 6.07) is 88.0. The van der Waals surface area contributed by atoms with Crippen molar-refractivity contribution in [3.05, 3.63) is 356 Å². The molecule has 0 spiro atoms. The van der Waals surface area contributed by atoms with Crippen LogP contribution in [-0.2, 0) is 60.2 Å². The zero-order valence-corrected chi connectivity index (χ0v) is 70.0. The number of hydrogen-bond acceptors (Lipinski definition) is 0. The molecule has 0 bridgehead atoms. The van der Waals surface area contributed by atoms with Crippen LogP contribution in [0.5, 0.6) is 0 Å². The Kier molecular flexibility index (Phi) is 15.4. The van der Waals surface area contributed by atoms with Crippen molar-refractivity contribution in [2.24, 2.45) is 33.6 Å². The Morgan fingerprint density at radius 2 is 0.627 bits per heavy atom. The average molecular weight is 1530 g/mol. The van der Waals surface area contributed by atoms with E-state index in [1.54, 1.807) is 12.3 Å². The number of hydrogen-bond donors (Lipinski definition) is 0. The van der Waals surface area contributed by atoms with Crippen molar-refractivity contribution < 1.29 is 26.5 Å². The molecule has 0 unspecified atom stereocenters. The molecular weight excluding hydrogens is 1430 g/mol. The van der Waals surface area contributed by atoms with Gasteiger partial charge in [0.1, 0.15) is 28.2 Å². The summed E-state index contributed by atoms with van der Waals surface area (Å²) in [6.45, 7) is 18.9.